The van der Waals surface area contributed by atoms with Crippen LogP contribution < -0.4 is 4.31 Å². The van der Waals surface area contributed by atoms with Crippen molar-refractivity contribution in [1.29, 1.82) is 0 Å². The fraction of sp³-hybridized carbons (Fsp3) is 0.188. The Morgan fingerprint density at radius 2 is 1.77 bits per heavy atom. The number of nitrogens with zero attached hydrogens (tertiary/aromatic N) is 1. The third-order valence-corrected chi connectivity index (χ3v) is 5.03. The molecule has 0 aliphatic heterocycles. The van der Waals surface area contributed by atoms with Crippen LogP contribution >= 0.6 is 0 Å². The number of anilines is 1. The maximum absolute atomic E-state index is 12.5. The van der Waals surface area contributed by atoms with Crippen molar-refractivity contribution in [1.82, 2.24) is 0 Å². The van der Waals surface area contributed by atoms with Crippen molar-refractivity contribution in [3.8, 4) is 0 Å². The van der Waals surface area contributed by atoms with Gasteiger partial charge in [-0.05, 0) is 36.2 Å². The molecule has 0 aliphatic carbocycles. The van der Waals surface area contributed by atoms with Crippen LogP contribution in [0, 0.1) is 6.92 Å². The highest BCUT2D eigenvalue weighted by Crippen LogP contribution is 2.22. The Morgan fingerprint density at radius 3 is 2.36 bits per heavy atom. The van der Waals surface area contributed by atoms with Gasteiger partial charge in [-0.15, -0.1) is 0 Å². The van der Waals surface area contributed by atoms with E-state index in [0.717, 1.165) is 4.31 Å². The van der Waals surface area contributed by atoms with Gasteiger partial charge in [0.05, 0.1) is 17.0 Å². The van der Waals surface area contributed by atoms with Gasteiger partial charge in [-0.1, -0.05) is 30.3 Å². The van der Waals surface area contributed by atoms with E-state index in [2.05, 4.69) is 0 Å². The highest BCUT2D eigenvalue weighted by Gasteiger charge is 2.20. The van der Waals surface area contributed by atoms with Crippen molar-refractivity contribution in [3.05, 3.63) is 65.2 Å². The minimum atomic E-state index is -3.59. The Kier molecular flexibility index (Phi) is 4.51. The molecule has 2 aromatic rings. The summed E-state index contributed by atoms with van der Waals surface area (Å²) in [5.41, 5.74) is 1.78. The van der Waals surface area contributed by atoms with Crippen LogP contribution in [0.2, 0.25) is 0 Å². The lowest BCUT2D eigenvalue weighted by Gasteiger charge is -2.20. The minimum absolute atomic E-state index is 0.0664. The Morgan fingerprint density at radius 1 is 1.14 bits per heavy atom. The lowest BCUT2D eigenvalue weighted by Crippen LogP contribution is -2.28. The van der Waals surface area contributed by atoms with Gasteiger partial charge in [0.25, 0.3) is 0 Å². The molecule has 0 saturated carbocycles. The van der Waals surface area contributed by atoms with E-state index < -0.39 is 16.0 Å². The van der Waals surface area contributed by atoms with Crippen LogP contribution in [0.4, 0.5) is 5.69 Å². The molecule has 0 aliphatic rings. The largest absolute Gasteiger partial charge is 0.478 e. The quantitative estimate of drug-likeness (QED) is 0.919. The molecule has 0 fully saturated rings. The summed E-state index contributed by atoms with van der Waals surface area (Å²) in [6, 6.07) is 13.4. The molecule has 0 saturated heterocycles. The van der Waals surface area contributed by atoms with Gasteiger partial charge in [0.15, 0.2) is 0 Å². The summed E-state index contributed by atoms with van der Waals surface area (Å²) in [6.07, 6.45) is 0. The first kappa shape index (κ1) is 16.0. The van der Waals surface area contributed by atoms with E-state index >= 15 is 0 Å². The molecule has 6 heteroatoms. The smallest absolute Gasteiger partial charge is 0.335 e. The highest BCUT2D eigenvalue weighted by molar-refractivity contribution is 7.92. The van der Waals surface area contributed by atoms with Crippen LogP contribution in [0.5, 0.6) is 0 Å². The zero-order valence-corrected chi connectivity index (χ0v) is 13.2. The average Bonchev–Trinajstić information content (AvgIpc) is 2.46. The summed E-state index contributed by atoms with van der Waals surface area (Å²) < 4.78 is 26.1. The molecule has 5 nitrogen and oxygen atoms in total. The topological polar surface area (TPSA) is 74.7 Å². The van der Waals surface area contributed by atoms with Crippen molar-refractivity contribution in [3.63, 3.8) is 0 Å². The Bertz CT molecular complexity index is 785. The van der Waals surface area contributed by atoms with Crippen molar-refractivity contribution in [2.75, 3.05) is 11.4 Å². The Labute approximate surface area is 129 Å². The molecule has 0 unspecified atom stereocenters. The number of hydrogen-bond donors (Lipinski definition) is 1. The highest BCUT2D eigenvalue weighted by atomic mass is 32.2. The first-order chi connectivity index (χ1) is 10.3. The maximum atomic E-state index is 12.5. The van der Waals surface area contributed by atoms with Gasteiger partial charge in [-0.2, -0.15) is 0 Å². The first-order valence-electron chi connectivity index (χ1n) is 6.65. The summed E-state index contributed by atoms with van der Waals surface area (Å²) in [5, 5.41) is 9.09. The average molecular weight is 319 g/mol. The molecule has 0 aromatic heterocycles. The fourth-order valence-corrected chi connectivity index (χ4v) is 3.34. The van der Waals surface area contributed by atoms with Crippen LogP contribution in [0.15, 0.2) is 48.5 Å². The molecule has 0 atom stereocenters. The minimum Gasteiger partial charge on any atom is -0.478 e. The second kappa shape index (κ2) is 6.19. The molecule has 0 bridgehead atoms. The van der Waals surface area contributed by atoms with Crippen LogP contribution in [0.25, 0.3) is 0 Å². The van der Waals surface area contributed by atoms with Crippen molar-refractivity contribution in [2.24, 2.45) is 0 Å². The summed E-state index contributed by atoms with van der Waals surface area (Å²) in [7, 11) is -2.16. The van der Waals surface area contributed by atoms with Crippen LogP contribution in [0.3, 0.4) is 0 Å². The summed E-state index contributed by atoms with van der Waals surface area (Å²) >= 11 is 0. The third kappa shape index (κ3) is 3.65. The SMILES string of the molecule is Cc1cc(C(=O)O)cc(N(C)S(=O)(=O)Cc2ccccc2)c1. The predicted molar refractivity (Wildman–Crippen MR) is 85.6 cm³/mol. The van der Waals surface area contributed by atoms with Crippen LogP contribution in [-0.2, 0) is 15.8 Å². The zero-order valence-electron chi connectivity index (χ0n) is 12.4. The fourth-order valence-electron chi connectivity index (χ4n) is 2.11. The molecule has 0 heterocycles. The van der Waals surface area contributed by atoms with Gasteiger partial charge in [0.2, 0.25) is 10.0 Å². The van der Waals surface area contributed by atoms with E-state index in [9.17, 15) is 13.2 Å². The molecular weight excluding hydrogens is 302 g/mol. The number of hydrogen-bond acceptors (Lipinski definition) is 3. The molecule has 1 N–H and O–H groups in total. The monoisotopic (exact) mass is 319 g/mol. The lowest BCUT2D eigenvalue weighted by molar-refractivity contribution is 0.0697. The molecular formula is C16H17NO4S. The summed E-state index contributed by atoms with van der Waals surface area (Å²) in [5.74, 6) is -1.22. The van der Waals surface area contributed by atoms with Crippen molar-refractivity contribution in [2.45, 2.75) is 12.7 Å². The van der Waals surface area contributed by atoms with Crippen molar-refractivity contribution >= 4 is 21.7 Å². The van der Waals surface area contributed by atoms with E-state index in [1.807, 2.05) is 6.07 Å². The lowest BCUT2D eigenvalue weighted by atomic mass is 10.1. The first-order valence-corrected chi connectivity index (χ1v) is 8.26. The van der Waals surface area contributed by atoms with Gasteiger partial charge in [0, 0.05) is 7.05 Å². The van der Waals surface area contributed by atoms with E-state index in [1.54, 1.807) is 37.3 Å². The van der Waals surface area contributed by atoms with E-state index in [-0.39, 0.29) is 11.3 Å². The maximum Gasteiger partial charge on any atom is 0.335 e. The number of carbonyl (C=O) groups is 1. The van der Waals surface area contributed by atoms with Crippen molar-refractivity contribution < 1.29 is 18.3 Å². The van der Waals surface area contributed by atoms with Gasteiger partial charge in [0.1, 0.15) is 0 Å². The summed E-state index contributed by atoms with van der Waals surface area (Å²) in [4.78, 5) is 11.1. The number of aryl methyl sites for hydroxylation is 1. The number of carboxylic acid groups (broad SMARTS) is 1. The second-order valence-electron chi connectivity index (χ2n) is 5.07. The van der Waals surface area contributed by atoms with Crippen LogP contribution in [-0.4, -0.2) is 26.5 Å². The number of sulfonamides is 1. The Hall–Kier alpha value is -2.34. The van der Waals surface area contributed by atoms with Gasteiger partial charge in [-0.25, -0.2) is 13.2 Å². The number of aromatic carboxylic acids is 1. The number of carboxylic acids is 1. The Balaban J connectivity index is 2.34. The van der Waals surface area contributed by atoms with Crippen LogP contribution in [0.1, 0.15) is 21.5 Å². The molecule has 0 spiro atoms. The molecule has 2 aromatic carbocycles. The van der Waals surface area contributed by atoms with Gasteiger partial charge >= 0.3 is 5.97 Å². The number of benzene rings is 2. The third-order valence-electron chi connectivity index (χ3n) is 3.28. The molecule has 116 valence electrons. The predicted octanol–water partition coefficient (Wildman–Crippen LogP) is 2.66. The normalized spacial score (nSPS) is 11.2. The van der Waals surface area contributed by atoms with E-state index in [0.29, 0.717) is 16.8 Å². The van der Waals surface area contributed by atoms with E-state index in [4.69, 9.17) is 5.11 Å². The molecule has 2 rings (SSSR count). The molecule has 22 heavy (non-hydrogen) atoms. The second-order valence-corrected chi connectivity index (χ2v) is 7.07. The summed E-state index contributed by atoms with van der Waals surface area (Å²) in [6.45, 7) is 1.73. The number of rotatable bonds is 5. The zero-order chi connectivity index (χ0) is 16.3. The van der Waals surface area contributed by atoms with E-state index in [1.165, 1.54) is 19.2 Å². The van der Waals surface area contributed by atoms with Gasteiger partial charge < -0.3 is 5.11 Å². The molecule has 0 radical (unpaired) electrons. The molecule has 0 amide bonds. The standard InChI is InChI=1S/C16H17NO4S/c1-12-8-14(16(18)19)10-15(9-12)17(2)22(20,21)11-13-6-4-3-5-7-13/h3-10H,11H2,1-2H3,(H,18,19). The van der Waals surface area contributed by atoms with Gasteiger partial charge in [-0.3, -0.25) is 4.31 Å².